The molecule has 3 heteroatoms. The van der Waals surface area contributed by atoms with E-state index >= 15 is 0 Å². The molecular weight excluding hydrogens is 240 g/mol. The summed E-state index contributed by atoms with van der Waals surface area (Å²) in [5.74, 6) is 1.59. The van der Waals surface area contributed by atoms with Crippen molar-refractivity contribution >= 4 is 11.3 Å². The summed E-state index contributed by atoms with van der Waals surface area (Å²) in [6, 6.07) is 0. The highest BCUT2D eigenvalue weighted by Crippen LogP contribution is 2.43. The molecule has 0 amide bonds. The predicted octanol–water partition coefficient (Wildman–Crippen LogP) is 4.10. The van der Waals surface area contributed by atoms with E-state index in [2.05, 4.69) is 38.4 Å². The van der Waals surface area contributed by atoms with Crippen LogP contribution >= 0.6 is 11.3 Å². The lowest BCUT2D eigenvalue weighted by molar-refractivity contribution is 0.143. The SMILES string of the molecule is CCCNC1(c2nc(C)cs2)CC(C)CC(C)C1. The first-order valence-electron chi connectivity index (χ1n) is 7.23. The van der Waals surface area contributed by atoms with Crippen LogP contribution < -0.4 is 5.32 Å². The van der Waals surface area contributed by atoms with Gasteiger partial charge in [-0.1, -0.05) is 20.8 Å². The van der Waals surface area contributed by atoms with E-state index in [1.165, 1.54) is 36.4 Å². The molecule has 1 heterocycles. The number of hydrogen-bond acceptors (Lipinski definition) is 3. The number of hydrogen-bond donors (Lipinski definition) is 1. The predicted molar refractivity (Wildman–Crippen MR) is 79.0 cm³/mol. The van der Waals surface area contributed by atoms with Gasteiger partial charge in [-0.05, 0) is 51.0 Å². The van der Waals surface area contributed by atoms with Crippen LogP contribution in [0, 0.1) is 18.8 Å². The smallest absolute Gasteiger partial charge is 0.113 e. The van der Waals surface area contributed by atoms with Gasteiger partial charge < -0.3 is 5.32 Å². The quantitative estimate of drug-likeness (QED) is 0.887. The van der Waals surface area contributed by atoms with Crippen LogP contribution in [0.3, 0.4) is 0 Å². The molecule has 0 radical (unpaired) electrons. The third kappa shape index (κ3) is 2.94. The van der Waals surface area contributed by atoms with E-state index in [0.717, 1.165) is 18.4 Å². The Balaban J connectivity index is 2.27. The van der Waals surface area contributed by atoms with Crippen LogP contribution in [0.1, 0.15) is 57.2 Å². The van der Waals surface area contributed by atoms with E-state index < -0.39 is 0 Å². The minimum atomic E-state index is 0.145. The van der Waals surface area contributed by atoms with Gasteiger partial charge in [0.15, 0.2) is 0 Å². The van der Waals surface area contributed by atoms with Crippen LogP contribution in [-0.2, 0) is 5.54 Å². The van der Waals surface area contributed by atoms with Gasteiger partial charge in [0.05, 0.1) is 5.54 Å². The average molecular weight is 266 g/mol. The number of nitrogens with one attached hydrogen (secondary N) is 1. The Hall–Kier alpha value is -0.410. The first-order chi connectivity index (χ1) is 8.55. The normalized spacial score (nSPS) is 32.7. The average Bonchev–Trinajstić information content (AvgIpc) is 2.72. The molecule has 1 aromatic heterocycles. The van der Waals surface area contributed by atoms with Gasteiger partial charge in [0.1, 0.15) is 5.01 Å². The molecule has 0 saturated heterocycles. The van der Waals surface area contributed by atoms with Crippen LogP contribution in [-0.4, -0.2) is 11.5 Å². The zero-order valence-electron chi connectivity index (χ0n) is 12.1. The Morgan fingerprint density at radius 1 is 1.39 bits per heavy atom. The Morgan fingerprint density at radius 2 is 2.06 bits per heavy atom. The summed E-state index contributed by atoms with van der Waals surface area (Å²) < 4.78 is 0. The van der Waals surface area contributed by atoms with Crippen molar-refractivity contribution in [3.05, 3.63) is 16.1 Å². The van der Waals surface area contributed by atoms with E-state index in [4.69, 9.17) is 4.98 Å². The van der Waals surface area contributed by atoms with E-state index in [0.29, 0.717) is 0 Å². The molecule has 0 aromatic carbocycles. The van der Waals surface area contributed by atoms with Crippen LogP contribution in [0.15, 0.2) is 5.38 Å². The Morgan fingerprint density at radius 3 is 2.56 bits per heavy atom. The zero-order chi connectivity index (χ0) is 13.2. The lowest BCUT2D eigenvalue weighted by Gasteiger charge is -2.42. The van der Waals surface area contributed by atoms with Crippen molar-refractivity contribution in [3.8, 4) is 0 Å². The Bertz CT molecular complexity index is 376. The second-order valence-corrected chi connectivity index (χ2v) is 7.02. The molecule has 1 saturated carbocycles. The standard InChI is InChI=1S/C15H26N2S/c1-5-6-16-15(14-17-13(4)10-18-14)8-11(2)7-12(3)9-15/h10-12,16H,5-9H2,1-4H3. The van der Waals surface area contributed by atoms with Crippen molar-refractivity contribution in [2.45, 2.75) is 58.9 Å². The Labute approximate surface area is 115 Å². The molecule has 2 rings (SSSR count). The highest BCUT2D eigenvalue weighted by molar-refractivity contribution is 7.09. The van der Waals surface area contributed by atoms with E-state index in [1.807, 2.05) is 11.3 Å². The van der Waals surface area contributed by atoms with Crippen molar-refractivity contribution in [2.24, 2.45) is 11.8 Å². The molecular formula is C15H26N2S. The van der Waals surface area contributed by atoms with Crippen LogP contribution in [0.2, 0.25) is 0 Å². The molecule has 0 spiro atoms. The van der Waals surface area contributed by atoms with Gasteiger partial charge in [-0.15, -0.1) is 11.3 Å². The molecule has 1 aliphatic rings. The van der Waals surface area contributed by atoms with Gasteiger partial charge in [0.25, 0.3) is 0 Å². The van der Waals surface area contributed by atoms with E-state index in [1.54, 1.807) is 0 Å². The van der Waals surface area contributed by atoms with Crippen molar-refractivity contribution in [1.82, 2.24) is 10.3 Å². The lowest BCUT2D eigenvalue weighted by atomic mass is 9.72. The Kier molecular flexibility index (Phi) is 4.44. The molecule has 1 fully saturated rings. The molecule has 0 aliphatic heterocycles. The number of aryl methyl sites for hydroxylation is 1. The molecule has 2 atom stereocenters. The van der Waals surface area contributed by atoms with Crippen molar-refractivity contribution in [3.63, 3.8) is 0 Å². The number of nitrogens with zero attached hydrogens (tertiary/aromatic N) is 1. The first kappa shape index (κ1) is 14.0. The van der Waals surface area contributed by atoms with Crippen molar-refractivity contribution < 1.29 is 0 Å². The highest BCUT2D eigenvalue weighted by Gasteiger charge is 2.40. The lowest BCUT2D eigenvalue weighted by Crippen LogP contribution is -2.48. The monoisotopic (exact) mass is 266 g/mol. The van der Waals surface area contributed by atoms with Gasteiger partial charge >= 0.3 is 0 Å². The molecule has 18 heavy (non-hydrogen) atoms. The summed E-state index contributed by atoms with van der Waals surface area (Å²) in [4.78, 5) is 4.78. The molecule has 2 nitrogen and oxygen atoms in total. The summed E-state index contributed by atoms with van der Waals surface area (Å²) >= 11 is 1.84. The zero-order valence-corrected chi connectivity index (χ0v) is 12.9. The fourth-order valence-electron chi connectivity index (χ4n) is 3.46. The molecule has 1 aliphatic carbocycles. The highest BCUT2D eigenvalue weighted by atomic mass is 32.1. The fraction of sp³-hybridized carbons (Fsp3) is 0.800. The van der Waals surface area contributed by atoms with Crippen LogP contribution in [0.5, 0.6) is 0 Å². The number of aromatic nitrogens is 1. The van der Waals surface area contributed by atoms with Crippen LogP contribution in [0.4, 0.5) is 0 Å². The minimum absolute atomic E-state index is 0.145. The molecule has 102 valence electrons. The second kappa shape index (κ2) is 5.70. The maximum absolute atomic E-state index is 4.78. The van der Waals surface area contributed by atoms with Gasteiger partial charge in [0, 0.05) is 11.1 Å². The largest absolute Gasteiger partial charge is 0.305 e. The molecule has 0 bridgehead atoms. The maximum atomic E-state index is 4.78. The summed E-state index contributed by atoms with van der Waals surface area (Å²) in [6.07, 6.45) is 5.03. The van der Waals surface area contributed by atoms with Crippen molar-refractivity contribution in [2.75, 3.05) is 6.54 Å². The van der Waals surface area contributed by atoms with Gasteiger partial charge in [-0.2, -0.15) is 0 Å². The third-order valence-corrected chi connectivity index (χ3v) is 5.10. The van der Waals surface area contributed by atoms with E-state index in [-0.39, 0.29) is 5.54 Å². The van der Waals surface area contributed by atoms with E-state index in [9.17, 15) is 0 Å². The second-order valence-electron chi connectivity index (χ2n) is 6.16. The summed E-state index contributed by atoms with van der Waals surface area (Å²) in [6.45, 7) is 10.2. The summed E-state index contributed by atoms with van der Waals surface area (Å²) in [5, 5.41) is 7.32. The topological polar surface area (TPSA) is 24.9 Å². The van der Waals surface area contributed by atoms with Gasteiger partial charge in [-0.3, -0.25) is 0 Å². The summed E-state index contributed by atoms with van der Waals surface area (Å²) in [5.41, 5.74) is 1.31. The maximum Gasteiger partial charge on any atom is 0.113 e. The number of thiazole rings is 1. The fourth-order valence-corrected chi connectivity index (χ4v) is 4.46. The third-order valence-electron chi connectivity index (χ3n) is 3.94. The number of rotatable bonds is 4. The molecule has 1 aromatic rings. The van der Waals surface area contributed by atoms with Crippen LogP contribution in [0.25, 0.3) is 0 Å². The summed E-state index contributed by atoms with van der Waals surface area (Å²) in [7, 11) is 0. The minimum Gasteiger partial charge on any atom is -0.305 e. The van der Waals surface area contributed by atoms with Gasteiger partial charge in [-0.25, -0.2) is 4.98 Å². The molecule has 2 unspecified atom stereocenters. The van der Waals surface area contributed by atoms with Crippen molar-refractivity contribution in [1.29, 1.82) is 0 Å². The first-order valence-corrected chi connectivity index (χ1v) is 8.11. The molecule has 1 N–H and O–H groups in total. The van der Waals surface area contributed by atoms with Gasteiger partial charge in [0.2, 0.25) is 0 Å².